The first-order valence-corrected chi connectivity index (χ1v) is 12.9. The predicted molar refractivity (Wildman–Crippen MR) is 147 cm³/mol. The van der Waals surface area contributed by atoms with Gasteiger partial charge in [0, 0.05) is 34.6 Å². The summed E-state index contributed by atoms with van der Waals surface area (Å²) in [5, 5.41) is 24.4. The van der Waals surface area contributed by atoms with E-state index in [9.17, 15) is 19.5 Å². The van der Waals surface area contributed by atoms with Crippen LogP contribution >= 0.6 is 0 Å². The van der Waals surface area contributed by atoms with Gasteiger partial charge >= 0.3 is 5.97 Å². The molecule has 1 aliphatic heterocycles. The quantitative estimate of drug-likeness (QED) is 0.284. The molecule has 0 saturated heterocycles. The molecule has 9 nitrogen and oxygen atoms in total. The van der Waals surface area contributed by atoms with Crippen molar-refractivity contribution in [2.75, 3.05) is 23.8 Å². The summed E-state index contributed by atoms with van der Waals surface area (Å²) in [6, 6.07) is 13.0. The van der Waals surface area contributed by atoms with Crippen LogP contribution in [0.25, 0.3) is 6.08 Å². The van der Waals surface area contributed by atoms with E-state index in [4.69, 9.17) is 9.84 Å². The van der Waals surface area contributed by atoms with Gasteiger partial charge in [-0.2, -0.15) is 0 Å². The van der Waals surface area contributed by atoms with Crippen LogP contribution in [0.4, 0.5) is 11.4 Å². The molecule has 5 N–H and O–H groups in total. The maximum atomic E-state index is 13.7. The lowest BCUT2D eigenvalue weighted by atomic mass is 9.66. The van der Waals surface area contributed by atoms with Crippen molar-refractivity contribution in [3.05, 3.63) is 87.7 Å². The fourth-order valence-electron chi connectivity index (χ4n) is 5.86. The monoisotopic (exact) mass is 529 g/mol. The number of allylic oxidation sites excluding steroid dienone is 1. The molecule has 2 heterocycles. The normalized spacial score (nSPS) is 19.8. The highest BCUT2D eigenvalue weighted by Gasteiger charge is 2.50. The van der Waals surface area contributed by atoms with Gasteiger partial charge in [-0.05, 0) is 61.2 Å². The molecule has 202 valence electrons. The van der Waals surface area contributed by atoms with Crippen LogP contribution in [0, 0.1) is 13.8 Å². The molecule has 3 unspecified atom stereocenters. The van der Waals surface area contributed by atoms with Crippen molar-refractivity contribution in [3.8, 4) is 0 Å². The van der Waals surface area contributed by atoms with Crippen molar-refractivity contribution in [2.24, 2.45) is 0 Å². The molecule has 5 rings (SSSR count). The van der Waals surface area contributed by atoms with E-state index in [-0.39, 0.29) is 18.5 Å². The molecule has 0 radical (unpaired) electrons. The van der Waals surface area contributed by atoms with Gasteiger partial charge in [0.1, 0.15) is 0 Å². The van der Waals surface area contributed by atoms with Crippen LogP contribution in [-0.2, 0) is 26.2 Å². The second-order valence-electron chi connectivity index (χ2n) is 10.00. The highest BCUT2D eigenvalue weighted by Crippen LogP contribution is 2.53. The summed E-state index contributed by atoms with van der Waals surface area (Å²) in [6.07, 6.45) is 2.92. The molecule has 3 atom stereocenters. The van der Waals surface area contributed by atoms with Crippen LogP contribution in [0.1, 0.15) is 56.8 Å². The number of nitrogens with one attached hydrogen (secondary N) is 3. The SMILES string of the molecule is CCOC(=O)c1c(C)[nH]c(CC2(C3C(=O)Nc4ccc(NC(=O)C(O)CO)cc43)C=Cc3ccccc32)c1C. The van der Waals surface area contributed by atoms with Gasteiger partial charge in [-0.1, -0.05) is 36.4 Å². The number of esters is 1. The number of carbonyl (C=O) groups is 3. The third-order valence-corrected chi connectivity index (χ3v) is 7.65. The first-order chi connectivity index (χ1) is 18.7. The zero-order valence-electron chi connectivity index (χ0n) is 22.0. The maximum Gasteiger partial charge on any atom is 0.340 e. The molecule has 2 amide bonds. The standard InChI is InChI=1S/C30H31N3O6/c1-4-39-29(38)25-16(2)23(31-17(25)3)14-30(12-11-18-7-5-6-8-21(18)30)26-20-13-19(32-27(36)24(35)15-34)9-10-22(20)33-28(26)37/h5-13,24,26,31,34-35H,4,14-15H2,1-3H3,(H,32,36)(H,33,37). The van der Waals surface area contributed by atoms with Gasteiger partial charge in [-0.15, -0.1) is 0 Å². The number of aliphatic hydroxyl groups excluding tert-OH is 2. The van der Waals surface area contributed by atoms with E-state index in [0.717, 1.165) is 22.4 Å². The Kier molecular flexibility index (Phi) is 6.88. The molecule has 2 aliphatic rings. The highest BCUT2D eigenvalue weighted by atomic mass is 16.5. The van der Waals surface area contributed by atoms with Gasteiger partial charge in [0.05, 0.1) is 24.7 Å². The summed E-state index contributed by atoms with van der Waals surface area (Å²) in [5.41, 5.74) is 5.72. The Morgan fingerprint density at radius 3 is 2.69 bits per heavy atom. The van der Waals surface area contributed by atoms with Gasteiger partial charge in [0.25, 0.3) is 5.91 Å². The number of hydrogen-bond acceptors (Lipinski definition) is 6. The molecule has 0 spiro atoms. The van der Waals surface area contributed by atoms with Crippen molar-refractivity contribution >= 4 is 35.2 Å². The third-order valence-electron chi connectivity index (χ3n) is 7.65. The lowest BCUT2D eigenvalue weighted by molar-refractivity contribution is -0.125. The summed E-state index contributed by atoms with van der Waals surface area (Å²) in [6.45, 7) is 5.05. The van der Waals surface area contributed by atoms with E-state index in [1.54, 1.807) is 25.1 Å². The van der Waals surface area contributed by atoms with Gasteiger partial charge in [-0.25, -0.2) is 4.79 Å². The van der Waals surface area contributed by atoms with Crippen LogP contribution < -0.4 is 10.6 Å². The average Bonchev–Trinajstić information content (AvgIpc) is 3.54. The number of ether oxygens (including phenoxy) is 1. The molecular formula is C30H31N3O6. The fourth-order valence-corrected chi connectivity index (χ4v) is 5.86. The largest absolute Gasteiger partial charge is 0.462 e. The maximum absolute atomic E-state index is 13.7. The zero-order chi connectivity index (χ0) is 27.9. The van der Waals surface area contributed by atoms with Gasteiger partial charge in [-0.3, -0.25) is 9.59 Å². The summed E-state index contributed by atoms with van der Waals surface area (Å²) in [4.78, 5) is 42.0. The van der Waals surface area contributed by atoms with Crippen molar-refractivity contribution in [1.82, 2.24) is 4.98 Å². The highest BCUT2D eigenvalue weighted by molar-refractivity contribution is 6.06. The third kappa shape index (κ3) is 4.43. The number of aryl methyl sites for hydroxylation is 1. The number of aromatic amines is 1. The minimum absolute atomic E-state index is 0.184. The number of aromatic nitrogens is 1. The topological polar surface area (TPSA) is 141 Å². The van der Waals surface area contributed by atoms with Gasteiger partial charge in [0.2, 0.25) is 5.91 Å². The van der Waals surface area contributed by atoms with E-state index in [2.05, 4.69) is 21.7 Å². The molecule has 39 heavy (non-hydrogen) atoms. The lowest BCUT2D eigenvalue weighted by Crippen LogP contribution is -2.37. The van der Waals surface area contributed by atoms with Crippen molar-refractivity contribution < 1.29 is 29.3 Å². The molecule has 0 fully saturated rings. The summed E-state index contributed by atoms with van der Waals surface area (Å²) < 4.78 is 5.28. The minimum atomic E-state index is -1.56. The zero-order valence-corrected chi connectivity index (χ0v) is 22.0. The lowest BCUT2D eigenvalue weighted by Gasteiger charge is -2.34. The number of carbonyl (C=O) groups excluding carboxylic acids is 3. The Balaban J connectivity index is 1.62. The Hall–Kier alpha value is -4.21. The van der Waals surface area contributed by atoms with E-state index < -0.39 is 30.0 Å². The van der Waals surface area contributed by atoms with Crippen molar-refractivity contribution in [2.45, 2.75) is 44.6 Å². The van der Waals surface area contributed by atoms with Crippen LogP contribution in [0.2, 0.25) is 0 Å². The average molecular weight is 530 g/mol. The van der Waals surface area contributed by atoms with Gasteiger partial charge in [0.15, 0.2) is 6.10 Å². The van der Waals surface area contributed by atoms with Gasteiger partial charge < -0.3 is 30.6 Å². The first-order valence-electron chi connectivity index (χ1n) is 12.9. The molecule has 9 heteroatoms. The Labute approximate surface area is 225 Å². The number of fused-ring (bicyclic) bond motifs is 2. The molecule has 0 bridgehead atoms. The van der Waals surface area contributed by atoms with E-state index in [1.165, 1.54) is 0 Å². The van der Waals surface area contributed by atoms with E-state index in [0.29, 0.717) is 34.6 Å². The molecule has 3 aromatic rings. The fraction of sp³-hybridized carbons (Fsp3) is 0.300. The number of rotatable bonds is 8. The van der Waals surface area contributed by atoms with Crippen LogP contribution in [0.15, 0.2) is 48.5 Å². The smallest absolute Gasteiger partial charge is 0.340 e. The molecule has 1 aliphatic carbocycles. The van der Waals surface area contributed by atoms with E-state index in [1.807, 2.05) is 44.2 Å². The second-order valence-corrected chi connectivity index (χ2v) is 10.00. The number of H-pyrrole nitrogens is 1. The summed E-state index contributed by atoms with van der Waals surface area (Å²) in [5.74, 6) is -1.96. The predicted octanol–water partition coefficient (Wildman–Crippen LogP) is 3.34. The Morgan fingerprint density at radius 1 is 1.18 bits per heavy atom. The van der Waals surface area contributed by atoms with E-state index >= 15 is 0 Å². The molecule has 2 aromatic carbocycles. The van der Waals surface area contributed by atoms with Crippen LogP contribution in [0.3, 0.4) is 0 Å². The number of amides is 2. The number of hydrogen-bond donors (Lipinski definition) is 5. The minimum Gasteiger partial charge on any atom is -0.462 e. The molecule has 0 saturated carbocycles. The number of anilines is 2. The van der Waals surface area contributed by atoms with Crippen LogP contribution in [0.5, 0.6) is 0 Å². The summed E-state index contributed by atoms with van der Waals surface area (Å²) >= 11 is 0. The Bertz CT molecular complexity index is 1510. The molecule has 1 aromatic heterocycles. The van der Waals surface area contributed by atoms with Crippen LogP contribution in [-0.4, -0.2) is 52.3 Å². The molecular weight excluding hydrogens is 498 g/mol. The second kappa shape index (κ2) is 10.2. The van der Waals surface area contributed by atoms with Crippen molar-refractivity contribution in [3.63, 3.8) is 0 Å². The first kappa shape index (κ1) is 26.4. The summed E-state index contributed by atoms with van der Waals surface area (Å²) in [7, 11) is 0. The Morgan fingerprint density at radius 2 is 1.95 bits per heavy atom. The van der Waals surface area contributed by atoms with Crippen molar-refractivity contribution in [1.29, 1.82) is 0 Å². The number of aliphatic hydroxyl groups is 2. The number of benzene rings is 2.